The van der Waals surface area contributed by atoms with Gasteiger partial charge in [-0.05, 0) is 31.2 Å². The smallest absolute Gasteiger partial charge is 0.258 e. The molecule has 124 valence electrons. The molecule has 0 fully saturated rings. The third kappa shape index (κ3) is 3.80. The Balaban J connectivity index is 1.51. The van der Waals surface area contributed by atoms with E-state index in [1.54, 1.807) is 24.3 Å². The van der Waals surface area contributed by atoms with Crippen molar-refractivity contribution in [3.63, 3.8) is 0 Å². The van der Waals surface area contributed by atoms with Gasteiger partial charge in [0.2, 0.25) is 5.91 Å². The number of aliphatic imine (C=N–C) groups is 1. The van der Waals surface area contributed by atoms with Gasteiger partial charge >= 0.3 is 0 Å². The molecule has 0 saturated heterocycles. The molecule has 1 aromatic carbocycles. The Labute approximate surface area is 142 Å². The first-order chi connectivity index (χ1) is 11.7. The van der Waals surface area contributed by atoms with E-state index in [-0.39, 0.29) is 17.6 Å². The van der Waals surface area contributed by atoms with Crippen LogP contribution in [0.25, 0.3) is 0 Å². The van der Waals surface area contributed by atoms with Gasteiger partial charge in [0.1, 0.15) is 5.75 Å². The Morgan fingerprint density at radius 2 is 2.17 bits per heavy atom. The van der Waals surface area contributed by atoms with Crippen LogP contribution in [0.4, 0.5) is 5.69 Å². The molecule has 24 heavy (non-hydrogen) atoms. The van der Waals surface area contributed by atoms with Crippen LogP contribution in [0.15, 0.2) is 51.3 Å². The Kier molecular flexibility index (Phi) is 4.90. The summed E-state index contributed by atoms with van der Waals surface area (Å²) in [7, 11) is 0. The monoisotopic (exact) mass is 345 g/mol. The summed E-state index contributed by atoms with van der Waals surface area (Å²) >= 11 is 1.14. The quantitative estimate of drug-likeness (QED) is 0.850. The molecule has 3 rings (SSSR count). The number of hydrogen-bond donors (Lipinski definition) is 2. The third-order valence-corrected chi connectivity index (χ3v) is 4.05. The predicted octanol–water partition coefficient (Wildman–Crippen LogP) is 1.92. The lowest BCUT2D eigenvalue weighted by atomic mass is 10.2. The molecule has 1 atom stereocenters. The van der Waals surface area contributed by atoms with Gasteiger partial charge in [0.25, 0.3) is 5.91 Å². The number of carbonyl (C=O) groups is 2. The van der Waals surface area contributed by atoms with Crippen LogP contribution >= 0.6 is 11.8 Å². The van der Waals surface area contributed by atoms with Crippen LogP contribution in [0.5, 0.6) is 5.75 Å². The van der Waals surface area contributed by atoms with Crippen molar-refractivity contribution in [2.24, 2.45) is 15.2 Å². The number of azo groups is 1. The number of thioether (sulfide) groups is 1. The second-order valence-corrected chi connectivity index (χ2v) is 5.84. The zero-order chi connectivity index (χ0) is 16.9. The molecule has 9 heteroatoms. The Morgan fingerprint density at radius 3 is 2.92 bits per heavy atom. The van der Waals surface area contributed by atoms with Crippen molar-refractivity contribution in [2.45, 2.75) is 13.1 Å². The summed E-state index contributed by atoms with van der Waals surface area (Å²) in [5.74, 6) is 0.388. The summed E-state index contributed by atoms with van der Waals surface area (Å²) in [6.07, 6.45) is 0.805. The van der Waals surface area contributed by atoms with Gasteiger partial charge < -0.3 is 15.4 Å². The van der Waals surface area contributed by atoms with Crippen molar-refractivity contribution >= 4 is 34.4 Å². The Hall–Kier alpha value is -2.68. The van der Waals surface area contributed by atoms with E-state index in [9.17, 15) is 9.59 Å². The van der Waals surface area contributed by atoms with E-state index >= 15 is 0 Å². The summed E-state index contributed by atoms with van der Waals surface area (Å²) in [5, 5.41) is 13.3. The lowest BCUT2D eigenvalue weighted by molar-refractivity contribution is -0.116. The highest BCUT2D eigenvalue weighted by Gasteiger charge is 2.29. The summed E-state index contributed by atoms with van der Waals surface area (Å²) < 4.78 is 5.34. The minimum Gasteiger partial charge on any atom is -0.494 e. The molecule has 2 heterocycles. The highest BCUT2D eigenvalue weighted by atomic mass is 32.2. The number of ether oxygens (including phenoxy) is 1. The molecule has 0 saturated carbocycles. The second kappa shape index (κ2) is 7.26. The number of hydrogen-bond acceptors (Lipinski definition) is 7. The summed E-state index contributed by atoms with van der Waals surface area (Å²) in [5.41, 5.74) is 1.09. The van der Waals surface area contributed by atoms with Gasteiger partial charge in [0.05, 0.1) is 24.1 Å². The number of anilines is 1. The highest BCUT2D eigenvalue weighted by Crippen LogP contribution is 2.22. The fourth-order valence-corrected chi connectivity index (χ4v) is 2.76. The van der Waals surface area contributed by atoms with Crippen LogP contribution in [0, 0.1) is 0 Å². The minimum absolute atomic E-state index is 0.120. The van der Waals surface area contributed by atoms with E-state index in [0.717, 1.165) is 17.5 Å². The van der Waals surface area contributed by atoms with Gasteiger partial charge in [-0.1, -0.05) is 11.8 Å². The van der Waals surface area contributed by atoms with Crippen LogP contribution < -0.4 is 15.4 Å². The number of nitrogens with zero attached hydrogens (tertiary/aromatic N) is 3. The largest absolute Gasteiger partial charge is 0.494 e. The molecule has 0 spiro atoms. The molecule has 0 aliphatic carbocycles. The van der Waals surface area contributed by atoms with Crippen LogP contribution in [-0.2, 0) is 9.59 Å². The number of amidine groups is 1. The van der Waals surface area contributed by atoms with Crippen molar-refractivity contribution in [2.75, 3.05) is 17.7 Å². The topological polar surface area (TPSA) is 105 Å². The Bertz CT molecular complexity index is 742. The number of amides is 2. The van der Waals surface area contributed by atoms with Crippen molar-refractivity contribution in [1.29, 1.82) is 0 Å². The van der Waals surface area contributed by atoms with Gasteiger partial charge in [-0.15, -0.1) is 0 Å². The maximum absolute atomic E-state index is 12.0. The molecule has 0 bridgehead atoms. The molecule has 1 unspecified atom stereocenters. The van der Waals surface area contributed by atoms with Crippen molar-refractivity contribution in [3.05, 3.63) is 36.0 Å². The number of carbonyl (C=O) groups excluding carboxylic acids is 2. The van der Waals surface area contributed by atoms with E-state index in [0.29, 0.717) is 23.0 Å². The van der Waals surface area contributed by atoms with Gasteiger partial charge in [-0.3, -0.25) is 9.59 Å². The van der Waals surface area contributed by atoms with Crippen molar-refractivity contribution in [3.8, 4) is 5.75 Å². The molecule has 2 amide bonds. The van der Waals surface area contributed by atoms with Crippen molar-refractivity contribution < 1.29 is 14.3 Å². The second-order valence-electron chi connectivity index (χ2n) is 4.87. The number of nitrogens with one attached hydrogen (secondary N) is 2. The van der Waals surface area contributed by atoms with E-state index in [1.165, 1.54) is 6.20 Å². The maximum Gasteiger partial charge on any atom is 0.258 e. The summed E-state index contributed by atoms with van der Waals surface area (Å²) in [4.78, 5) is 28.0. The zero-order valence-corrected chi connectivity index (χ0v) is 13.7. The third-order valence-electron chi connectivity index (χ3n) is 3.16. The van der Waals surface area contributed by atoms with Gasteiger partial charge in [0, 0.05) is 5.69 Å². The van der Waals surface area contributed by atoms with Crippen molar-refractivity contribution in [1.82, 2.24) is 5.32 Å². The van der Waals surface area contributed by atoms with Gasteiger partial charge in [-0.25, -0.2) is 4.99 Å². The summed E-state index contributed by atoms with van der Waals surface area (Å²) in [6.45, 7) is 2.50. The lowest BCUT2D eigenvalue weighted by Crippen LogP contribution is -2.38. The van der Waals surface area contributed by atoms with Gasteiger partial charge in [0.15, 0.2) is 11.3 Å². The van der Waals surface area contributed by atoms with Crippen LogP contribution in [0.1, 0.15) is 6.92 Å². The average molecular weight is 345 g/mol. The number of benzene rings is 1. The molecule has 2 N–H and O–H groups in total. The first-order valence-electron chi connectivity index (χ1n) is 7.30. The molecule has 0 radical (unpaired) electrons. The fourth-order valence-electron chi connectivity index (χ4n) is 2.08. The number of fused-ring (bicyclic) bond motifs is 1. The Morgan fingerprint density at radius 1 is 1.38 bits per heavy atom. The van der Waals surface area contributed by atoms with Crippen LogP contribution in [-0.4, -0.2) is 35.5 Å². The maximum atomic E-state index is 12.0. The average Bonchev–Trinajstić information content (AvgIpc) is 3.04. The normalized spacial score (nSPS) is 18.4. The van der Waals surface area contributed by atoms with E-state index in [4.69, 9.17) is 4.74 Å². The molecule has 0 aromatic heterocycles. The lowest BCUT2D eigenvalue weighted by Gasteiger charge is -2.16. The fraction of sp³-hybridized carbons (Fsp3) is 0.267. The molecule has 2 aliphatic rings. The molecular formula is C15H15N5O3S. The standard InChI is InChI=1S/C15H15N5O3S/c1-2-23-10-5-3-9(4-6-10)17-12(21)8-24-15-18-13-11(7-16-20-13)14(22)19-15/h3-7,13H,2,8H2,1H3,(H,17,21)(H,18,19,22). The first-order valence-corrected chi connectivity index (χ1v) is 8.29. The predicted molar refractivity (Wildman–Crippen MR) is 91.0 cm³/mol. The highest BCUT2D eigenvalue weighted by molar-refractivity contribution is 8.14. The molecular weight excluding hydrogens is 330 g/mol. The number of rotatable bonds is 5. The van der Waals surface area contributed by atoms with E-state index in [1.807, 2.05) is 6.92 Å². The molecule has 8 nitrogen and oxygen atoms in total. The summed E-state index contributed by atoms with van der Waals surface area (Å²) in [6, 6.07) is 7.11. The molecule has 1 aromatic rings. The SMILES string of the molecule is CCOc1ccc(NC(=O)CSC2=NC3N=NC=C3C(=O)N2)cc1. The zero-order valence-electron chi connectivity index (χ0n) is 12.9. The van der Waals surface area contributed by atoms with E-state index in [2.05, 4.69) is 25.9 Å². The molecule has 2 aliphatic heterocycles. The van der Waals surface area contributed by atoms with Crippen LogP contribution in [0.2, 0.25) is 0 Å². The van der Waals surface area contributed by atoms with Gasteiger partial charge in [-0.2, -0.15) is 10.2 Å². The minimum atomic E-state index is -0.588. The van der Waals surface area contributed by atoms with Crippen LogP contribution in [0.3, 0.4) is 0 Å². The first kappa shape index (κ1) is 16.2. The van der Waals surface area contributed by atoms with E-state index < -0.39 is 6.17 Å².